The Labute approximate surface area is 155 Å². The molecule has 1 fully saturated rings. The van der Waals surface area contributed by atoms with Gasteiger partial charge in [0.2, 0.25) is 5.89 Å². The summed E-state index contributed by atoms with van der Waals surface area (Å²) in [5, 5.41) is 4.07. The van der Waals surface area contributed by atoms with Gasteiger partial charge in [-0.2, -0.15) is 4.98 Å². The molecule has 1 saturated heterocycles. The van der Waals surface area contributed by atoms with Crippen LogP contribution in [0.15, 0.2) is 28.8 Å². The lowest BCUT2D eigenvalue weighted by Crippen LogP contribution is -2.39. The molecule has 1 aliphatic rings. The highest BCUT2D eigenvalue weighted by atomic mass is 16.5. The van der Waals surface area contributed by atoms with Crippen molar-refractivity contribution >= 4 is 0 Å². The molecule has 1 unspecified atom stereocenters. The van der Waals surface area contributed by atoms with Gasteiger partial charge >= 0.3 is 0 Å². The van der Waals surface area contributed by atoms with Crippen LogP contribution in [0.2, 0.25) is 0 Å². The van der Waals surface area contributed by atoms with Crippen LogP contribution >= 0.6 is 0 Å². The van der Waals surface area contributed by atoms with E-state index >= 15 is 0 Å². The van der Waals surface area contributed by atoms with Gasteiger partial charge in [0.15, 0.2) is 17.3 Å². The summed E-state index contributed by atoms with van der Waals surface area (Å²) in [5.74, 6) is 3.18. The summed E-state index contributed by atoms with van der Waals surface area (Å²) < 4.78 is 17.3. The number of aryl methyl sites for hydroxylation is 1. The van der Waals surface area contributed by atoms with Crippen molar-refractivity contribution in [1.82, 2.24) is 15.0 Å². The highest BCUT2D eigenvalue weighted by Crippen LogP contribution is 2.30. The zero-order chi connectivity index (χ0) is 18.4. The first-order chi connectivity index (χ1) is 12.7. The number of aromatic nitrogens is 2. The number of ether oxygens (including phenoxy) is 2. The summed E-state index contributed by atoms with van der Waals surface area (Å²) in [4.78, 5) is 6.91. The lowest BCUT2D eigenvalue weighted by molar-refractivity contribution is 0.0681. The first-order valence-electron chi connectivity index (χ1n) is 9.66. The van der Waals surface area contributed by atoms with Crippen LogP contribution in [-0.4, -0.2) is 40.8 Å². The number of hydrogen-bond donors (Lipinski definition) is 0. The zero-order valence-electron chi connectivity index (χ0n) is 16.0. The minimum atomic E-state index is 0.143. The molecule has 0 bridgehead atoms. The predicted molar refractivity (Wildman–Crippen MR) is 99.5 cm³/mol. The van der Waals surface area contributed by atoms with Gasteiger partial charge in [0, 0.05) is 19.5 Å². The van der Waals surface area contributed by atoms with Gasteiger partial charge in [-0.25, -0.2) is 0 Å². The fourth-order valence-electron chi connectivity index (χ4n) is 3.30. The third-order valence-electron chi connectivity index (χ3n) is 4.78. The van der Waals surface area contributed by atoms with Crippen molar-refractivity contribution in [2.45, 2.75) is 58.6 Å². The van der Waals surface area contributed by atoms with Crippen molar-refractivity contribution in [3.8, 4) is 11.5 Å². The average Bonchev–Trinajstić information content (AvgIpc) is 3.13. The normalized spacial score (nSPS) is 17.2. The summed E-state index contributed by atoms with van der Waals surface area (Å²) >= 11 is 0. The largest absolute Gasteiger partial charge is 0.490 e. The van der Waals surface area contributed by atoms with Crippen LogP contribution in [0.1, 0.15) is 57.8 Å². The molecular weight excluding hydrogens is 330 g/mol. The van der Waals surface area contributed by atoms with Crippen LogP contribution in [0, 0.1) is 0 Å². The molecule has 0 saturated carbocycles. The standard InChI is InChI=1S/C20H29N3O3/c1-4-8-19-21-20(26-22-19)15(3)23-13-11-16(12-14-23)25-18-10-7-6-9-17(18)24-5-2/h6-7,9-10,15-16H,4-5,8,11-14H2,1-3H3. The number of para-hydroxylation sites is 2. The molecule has 0 spiro atoms. The number of nitrogens with zero attached hydrogens (tertiary/aromatic N) is 3. The van der Waals surface area contributed by atoms with E-state index in [0.717, 1.165) is 62.0 Å². The molecular formula is C20H29N3O3. The van der Waals surface area contributed by atoms with E-state index < -0.39 is 0 Å². The number of likely N-dealkylation sites (tertiary alicyclic amines) is 1. The average molecular weight is 359 g/mol. The Balaban J connectivity index is 1.54. The first-order valence-corrected chi connectivity index (χ1v) is 9.66. The molecule has 1 aromatic carbocycles. The fraction of sp³-hybridized carbons (Fsp3) is 0.600. The molecule has 26 heavy (non-hydrogen) atoms. The molecule has 6 heteroatoms. The minimum Gasteiger partial charge on any atom is -0.490 e. The maximum Gasteiger partial charge on any atom is 0.243 e. The van der Waals surface area contributed by atoms with Gasteiger partial charge in [-0.3, -0.25) is 4.90 Å². The van der Waals surface area contributed by atoms with Gasteiger partial charge in [-0.1, -0.05) is 24.2 Å². The number of piperidine rings is 1. The maximum atomic E-state index is 6.21. The van der Waals surface area contributed by atoms with Crippen LogP contribution in [0.4, 0.5) is 0 Å². The molecule has 1 aliphatic heterocycles. The molecule has 1 atom stereocenters. The molecule has 0 amide bonds. The summed E-state index contributed by atoms with van der Waals surface area (Å²) in [6.45, 7) is 8.78. The van der Waals surface area contributed by atoms with E-state index in [4.69, 9.17) is 14.0 Å². The smallest absolute Gasteiger partial charge is 0.243 e. The monoisotopic (exact) mass is 359 g/mol. The third kappa shape index (κ3) is 4.55. The summed E-state index contributed by atoms with van der Waals surface area (Å²) in [5.41, 5.74) is 0. The van der Waals surface area contributed by atoms with Crippen LogP contribution in [-0.2, 0) is 6.42 Å². The van der Waals surface area contributed by atoms with Crippen molar-refractivity contribution in [1.29, 1.82) is 0 Å². The quantitative estimate of drug-likeness (QED) is 0.709. The SMILES string of the molecule is CCCc1noc(C(C)N2CCC(Oc3ccccc3OCC)CC2)n1. The lowest BCUT2D eigenvalue weighted by Gasteiger charge is -2.34. The van der Waals surface area contributed by atoms with Gasteiger partial charge < -0.3 is 14.0 Å². The molecule has 2 aromatic rings. The lowest BCUT2D eigenvalue weighted by atomic mass is 10.1. The number of rotatable bonds is 8. The first kappa shape index (κ1) is 18.7. The number of benzene rings is 1. The van der Waals surface area contributed by atoms with Gasteiger partial charge in [-0.05, 0) is 45.2 Å². The van der Waals surface area contributed by atoms with E-state index in [0.29, 0.717) is 6.61 Å². The van der Waals surface area contributed by atoms with E-state index in [-0.39, 0.29) is 12.1 Å². The van der Waals surface area contributed by atoms with Crippen molar-refractivity contribution in [3.05, 3.63) is 36.0 Å². The maximum absolute atomic E-state index is 6.21. The molecule has 0 radical (unpaired) electrons. The Morgan fingerprint density at radius 2 is 1.92 bits per heavy atom. The molecule has 0 aliphatic carbocycles. The summed E-state index contributed by atoms with van der Waals surface area (Å²) in [7, 11) is 0. The number of hydrogen-bond acceptors (Lipinski definition) is 6. The molecule has 142 valence electrons. The molecule has 2 heterocycles. The second kappa shape index (κ2) is 9.03. The molecule has 1 aromatic heterocycles. The van der Waals surface area contributed by atoms with Gasteiger partial charge in [0.05, 0.1) is 12.6 Å². The van der Waals surface area contributed by atoms with E-state index in [9.17, 15) is 0 Å². The Bertz CT molecular complexity index is 680. The van der Waals surface area contributed by atoms with Gasteiger partial charge in [0.1, 0.15) is 6.10 Å². The Morgan fingerprint density at radius 1 is 1.19 bits per heavy atom. The second-order valence-corrected chi connectivity index (χ2v) is 6.71. The third-order valence-corrected chi connectivity index (χ3v) is 4.78. The van der Waals surface area contributed by atoms with Crippen LogP contribution in [0.3, 0.4) is 0 Å². The topological polar surface area (TPSA) is 60.6 Å². The van der Waals surface area contributed by atoms with Crippen LogP contribution in [0.25, 0.3) is 0 Å². The molecule has 6 nitrogen and oxygen atoms in total. The highest BCUT2D eigenvalue weighted by molar-refractivity contribution is 5.39. The van der Waals surface area contributed by atoms with Crippen LogP contribution in [0.5, 0.6) is 11.5 Å². The van der Waals surface area contributed by atoms with Crippen molar-refractivity contribution in [2.24, 2.45) is 0 Å². The van der Waals surface area contributed by atoms with Gasteiger partial charge in [0.25, 0.3) is 0 Å². The van der Waals surface area contributed by atoms with Gasteiger partial charge in [-0.15, -0.1) is 0 Å². The van der Waals surface area contributed by atoms with Crippen molar-refractivity contribution < 1.29 is 14.0 Å². The Morgan fingerprint density at radius 3 is 2.62 bits per heavy atom. The Hall–Kier alpha value is -2.08. The zero-order valence-corrected chi connectivity index (χ0v) is 16.0. The predicted octanol–water partition coefficient (Wildman–Crippen LogP) is 4.03. The Kier molecular flexibility index (Phi) is 6.50. The fourth-order valence-corrected chi connectivity index (χ4v) is 3.30. The van der Waals surface area contributed by atoms with E-state index in [1.54, 1.807) is 0 Å². The summed E-state index contributed by atoms with van der Waals surface area (Å²) in [6, 6.07) is 8.04. The second-order valence-electron chi connectivity index (χ2n) is 6.71. The molecule has 0 N–H and O–H groups in total. The van der Waals surface area contributed by atoms with Crippen molar-refractivity contribution in [2.75, 3.05) is 19.7 Å². The molecule has 3 rings (SSSR count). The van der Waals surface area contributed by atoms with E-state index in [1.807, 2.05) is 31.2 Å². The van der Waals surface area contributed by atoms with Crippen molar-refractivity contribution in [3.63, 3.8) is 0 Å². The van der Waals surface area contributed by atoms with E-state index in [1.165, 1.54) is 0 Å². The van der Waals surface area contributed by atoms with Crippen LogP contribution < -0.4 is 9.47 Å². The highest BCUT2D eigenvalue weighted by Gasteiger charge is 2.28. The minimum absolute atomic E-state index is 0.143. The van der Waals surface area contributed by atoms with E-state index in [2.05, 4.69) is 28.9 Å². The summed E-state index contributed by atoms with van der Waals surface area (Å²) in [6.07, 6.45) is 4.05.